The highest BCUT2D eigenvalue weighted by atomic mass is 79.9. The molecule has 2 aliphatic rings. The number of nitrogens with zero attached hydrogens (tertiary/aromatic N) is 4. The molecule has 2 fully saturated rings. The summed E-state index contributed by atoms with van der Waals surface area (Å²) in [7, 11) is 0. The molecular weight excluding hydrogens is 352 g/mol. The first-order valence-electron chi connectivity index (χ1n) is 8.83. The molecule has 2 aliphatic heterocycles. The van der Waals surface area contributed by atoms with E-state index in [9.17, 15) is 0 Å². The molecule has 4 nitrogen and oxygen atoms in total. The molecule has 0 aliphatic carbocycles. The maximum atomic E-state index is 4.47. The maximum Gasteiger partial charge on any atom is 0.128 e. The molecule has 5 heteroatoms. The highest BCUT2D eigenvalue weighted by molar-refractivity contribution is 9.08. The molecule has 1 atom stereocenters. The van der Waals surface area contributed by atoms with E-state index in [1.165, 1.54) is 38.9 Å². The van der Waals surface area contributed by atoms with Gasteiger partial charge in [-0.2, -0.15) is 0 Å². The van der Waals surface area contributed by atoms with Crippen LogP contribution in [0, 0.1) is 0 Å². The third-order valence-corrected chi connectivity index (χ3v) is 4.88. The van der Waals surface area contributed by atoms with Crippen molar-refractivity contribution in [2.75, 3.05) is 56.5 Å². The Balaban J connectivity index is 0.000000924. The van der Waals surface area contributed by atoms with Gasteiger partial charge < -0.3 is 9.80 Å². The lowest BCUT2D eigenvalue weighted by molar-refractivity contribution is 0.129. The number of hydrogen-bond donors (Lipinski definition) is 0. The predicted molar refractivity (Wildman–Crippen MR) is 103 cm³/mol. The molecule has 23 heavy (non-hydrogen) atoms. The van der Waals surface area contributed by atoms with Crippen LogP contribution in [0.2, 0.25) is 0 Å². The van der Waals surface area contributed by atoms with Crippen molar-refractivity contribution in [3.63, 3.8) is 0 Å². The summed E-state index contributed by atoms with van der Waals surface area (Å²) in [5, 5.41) is 0. The molecule has 0 saturated carbocycles. The molecule has 2 saturated heterocycles. The Morgan fingerprint density at radius 1 is 1.00 bits per heavy atom. The van der Waals surface area contributed by atoms with Gasteiger partial charge in [0, 0.05) is 45.0 Å². The number of piperazine rings is 1. The lowest BCUT2D eigenvalue weighted by Crippen LogP contribution is -2.53. The van der Waals surface area contributed by atoms with Gasteiger partial charge in [0.1, 0.15) is 5.82 Å². The molecule has 1 aromatic rings. The van der Waals surface area contributed by atoms with Crippen LogP contribution in [0.5, 0.6) is 0 Å². The standard InChI is InChI=1S/C17H28N4.CH3Br/c1-16(15-19-9-5-2-6-10-19)20-11-13-21(14-12-20)17-7-3-4-8-18-17;1-2/h3-4,7-8,16H,2,5-6,9-15H2,1H3;1H3. The minimum atomic E-state index is 0.675. The van der Waals surface area contributed by atoms with Crippen LogP contribution < -0.4 is 4.90 Å². The summed E-state index contributed by atoms with van der Waals surface area (Å²) in [6.45, 7) is 10.8. The SMILES string of the molecule is CBr.CC(CN1CCCCC1)N1CCN(c2ccccn2)CC1. The molecule has 1 unspecified atom stereocenters. The van der Waals surface area contributed by atoms with Crippen molar-refractivity contribution in [1.82, 2.24) is 14.8 Å². The molecule has 3 heterocycles. The van der Waals surface area contributed by atoms with Gasteiger partial charge >= 0.3 is 0 Å². The largest absolute Gasteiger partial charge is 0.354 e. The lowest BCUT2D eigenvalue weighted by atomic mass is 10.1. The average Bonchev–Trinajstić information content (AvgIpc) is 2.65. The van der Waals surface area contributed by atoms with E-state index in [4.69, 9.17) is 0 Å². The molecular formula is C18H31BrN4. The van der Waals surface area contributed by atoms with E-state index in [0.717, 1.165) is 32.0 Å². The molecule has 0 bridgehead atoms. The zero-order valence-corrected chi connectivity index (χ0v) is 16.2. The van der Waals surface area contributed by atoms with Gasteiger partial charge in [0.2, 0.25) is 0 Å². The average molecular weight is 383 g/mol. The molecule has 0 amide bonds. The van der Waals surface area contributed by atoms with Gasteiger partial charge in [-0.25, -0.2) is 4.98 Å². The normalized spacial score (nSPS) is 21.4. The second kappa shape index (κ2) is 10.3. The van der Waals surface area contributed by atoms with Crippen molar-refractivity contribution < 1.29 is 0 Å². The third kappa shape index (κ3) is 5.73. The van der Waals surface area contributed by atoms with E-state index in [0.29, 0.717) is 6.04 Å². The second-order valence-electron chi connectivity index (χ2n) is 6.42. The van der Waals surface area contributed by atoms with Crippen LogP contribution in [0.3, 0.4) is 0 Å². The fourth-order valence-electron chi connectivity index (χ4n) is 3.56. The summed E-state index contributed by atoms with van der Waals surface area (Å²) in [6.07, 6.45) is 6.09. The summed E-state index contributed by atoms with van der Waals surface area (Å²) in [4.78, 5) is 12.2. The Morgan fingerprint density at radius 3 is 2.30 bits per heavy atom. The number of halogens is 1. The van der Waals surface area contributed by atoms with E-state index in [1.54, 1.807) is 0 Å². The van der Waals surface area contributed by atoms with Crippen LogP contribution in [-0.4, -0.2) is 72.5 Å². The number of aromatic nitrogens is 1. The van der Waals surface area contributed by atoms with Crippen LogP contribution >= 0.6 is 15.9 Å². The van der Waals surface area contributed by atoms with Gasteiger partial charge in [-0.15, -0.1) is 0 Å². The number of likely N-dealkylation sites (tertiary alicyclic amines) is 1. The molecule has 0 aromatic carbocycles. The smallest absolute Gasteiger partial charge is 0.128 e. The number of rotatable bonds is 4. The number of anilines is 1. The Labute approximate surface area is 150 Å². The predicted octanol–water partition coefficient (Wildman–Crippen LogP) is 3.09. The number of alkyl halides is 1. The number of pyridine rings is 1. The molecule has 0 spiro atoms. The maximum absolute atomic E-state index is 4.47. The Hall–Kier alpha value is -0.650. The van der Waals surface area contributed by atoms with Crippen molar-refractivity contribution in [3.05, 3.63) is 24.4 Å². The van der Waals surface area contributed by atoms with Crippen LogP contribution in [0.4, 0.5) is 5.82 Å². The van der Waals surface area contributed by atoms with E-state index in [2.05, 4.69) is 54.7 Å². The molecule has 130 valence electrons. The van der Waals surface area contributed by atoms with Crippen molar-refractivity contribution in [2.24, 2.45) is 0 Å². The van der Waals surface area contributed by atoms with Crippen LogP contribution in [-0.2, 0) is 0 Å². The molecule has 3 rings (SSSR count). The van der Waals surface area contributed by atoms with Gasteiger partial charge in [-0.3, -0.25) is 4.90 Å². The second-order valence-corrected chi connectivity index (χ2v) is 6.42. The van der Waals surface area contributed by atoms with Gasteiger partial charge in [0.15, 0.2) is 0 Å². The summed E-state index contributed by atoms with van der Waals surface area (Å²) < 4.78 is 0. The monoisotopic (exact) mass is 382 g/mol. The minimum absolute atomic E-state index is 0.675. The summed E-state index contributed by atoms with van der Waals surface area (Å²) in [5.74, 6) is 2.94. The fraction of sp³-hybridized carbons (Fsp3) is 0.722. The lowest BCUT2D eigenvalue weighted by Gasteiger charge is -2.40. The quantitative estimate of drug-likeness (QED) is 0.746. The van der Waals surface area contributed by atoms with Crippen LogP contribution in [0.15, 0.2) is 24.4 Å². The zero-order chi connectivity index (χ0) is 16.5. The third-order valence-electron chi connectivity index (χ3n) is 4.88. The summed E-state index contributed by atoms with van der Waals surface area (Å²) in [5.41, 5.74) is 0. The first-order chi connectivity index (χ1) is 11.3. The number of piperidine rings is 1. The topological polar surface area (TPSA) is 22.6 Å². The highest BCUT2D eigenvalue weighted by Crippen LogP contribution is 2.15. The number of hydrogen-bond acceptors (Lipinski definition) is 4. The van der Waals surface area contributed by atoms with Crippen molar-refractivity contribution in [2.45, 2.75) is 32.2 Å². The van der Waals surface area contributed by atoms with E-state index in [1.807, 2.05) is 18.1 Å². The highest BCUT2D eigenvalue weighted by Gasteiger charge is 2.23. The Bertz CT molecular complexity index is 414. The first kappa shape index (κ1) is 18.7. The first-order valence-corrected chi connectivity index (χ1v) is 10.4. The van der Waals surface area contributed by atoms with Crippen molar-refractivity contribution in [3.8, 4) is 0 Å². The van der Waals surface area contributed by atoms with E-state index < -0.39 is 0 Å². The van der Waals surface area contributed by atoms with Gasteiger partial charge in [0.25, 0.3) is 0 Å². The van der Waals surface area contributed by atoms with Gasteiger partial charge in [-0.1, -0.05) is 28.4 Å². The van der Waals surface area contributed by atoms with Crippen molar-refractivity contribution in [1.29, 1.82) is 0 Å². The van der Waals surface area contributed by atoms with E-state index >= 15 is 0 Å². The Kier molecular flexibility index (Phi) is 8.34. The van der Waals surface area contributed by atoms with Gasteiger partial charge in [-0.05, 0) is 50.8 Å². The van der Waals surface area contributed by atoms with E-state index in [-0.39, 0.29) is 0 Å². The summed E-state index contributed by atoms with van der Waals surface area (Å²) in [6, 6.07) is 6.86. The zero-order valence-electron chi connectivity index (χ0n) is 14.6. The molecule has 0 radical (unpaired) electrons. The van der Waals surface area contributed by atoms with Crippen molar-refractivity contribution >= 4 is 21.7 Å². The fourth-order valence-corrected chi connectivity index (χ4v) is 3.56. The Morgan fingerprint density at radius 2 is 1.70 bits per heavy atom. The molecule has 1 aromatic heterocycles. The summed E-state index contributed by atoms with van der Waals surface area (Å²) >= 11 is 2.94. The minimum Gasteiger partial charge on any atom is -0.354 e. The van der Waals surface area contributed by atoms with Gasteiger partial charge in [0.05, 0.1) is 0 Å². The molecule has 0 N–H and O–H groups in total. The van der Waals surface area contributed by atoms with Crippen LogP contribution in [0.25, 0.3) is 0 Å². The van der Waals surface area contributed by atoms with Crippen LogP contribution in [0.1, 0.15) is 26.2 Å².